The average Bonchev–Trinajstić information content (AvgIpc) is 3.16. The van der Waals surface area contributed by atoms with E-state index in [1.165, 1.54) is 4.90 Å². The molecule has 1 aliphatic rings. The van der Waals surface area contributed by atoms with E-state index in [0.29, 0.717) is 11.4 Å². The first-order chi connectivity index (χ1) is 15.1. The maximum absolute atomic E-state index is 13.3. The van der Waals surface area contributed by atoms with Gasteiger partial charge in [0, 0.05) is 18.8 Å². The van der Waals surface area contributed by atoms with Gasteiger partial charge in [-0.15, -0.1) is 0 Å². The van der Waals surface area contributed by atoms with Crippen LogP contribution in [0.5, 0.6) is 5.75 Å². The number of amides is 2. The highest BCUT2D eigenvalue weighted by Crippen LogP contribution is 2.31. The standard InChI is InChI=1S/C24H20N4O3/c1-27-18-11-5-6-13-20(18)31-15-17(24(27)30)25-23(29)22-21(16-9-3-2-4-10-16)19-12-7-8-14-28(19)26-22/h2-14,17H,15H2,1H3,(H,25,29)/t17-/m0/s1. The largest absolute Gasteiger partial charge is 0.489 e. The third-order valence-electron chi connectivity index (χ3n) is 5.38. The number of carbonyl (C=O) groups is 2. The van der Waals surface area contributed by atoms with Crippen molar-refractivity contribution in [2.24, 2.45) is 0 Å². The number of carbonyl (C=O) groups excluding carboxylic acids is 2. The molecule has 5 rings (SSSR count). The van der Waals surface area contributed by atoms with Gasteiger partial charge in [0.2, 0.25) is 0 Å². The van der Waals surface area contributed by atoms with Crippen LogP contribution < -0.4 is 15.0 Å². The van der Waals surface area contributed by atoms with Gasteiger partial charge in [-0.1, -0.05) is 48.5 Å². The van der Waals surface area contributed by atoms with E-state index in [1.807, 2.05) is 66.7 Å². The minimum atomic E-state index is -0.835. The molecule has 0 radical (unpaired) electrons. The summed E-state index contributed by atoms with van der Waals surface area (Å²) < 4.78 is 7.48. The first kappa shape index (κ1) is 18.9. The highest BCUT2D eigenvalue weighted by molar-refractivity contribution is 6.07. The number of ether oxygens (including phenoxy) is 1. The highest BCUT2D eigenvalue weighted by atomic mass is 16.5. The number of nitrogens with zero attached hydrogens (tertiary/aromatic N) is 3. The number of likely N-dealkylation sites (N-methyl/N-ethyl adjacent to an activating group) is 1. The van der Waals surface area contributed by atoms with Gasteiger partial charge in [0.05, 0.1) is 11.2 Å². The minimum Gasteiger partial charge on any atom is -0.489 e. The van der Waals surface area contributed by atoms with Crippen molar-refractivity contribution in [3.8, 4) is 16.9 Å². The lowest BCUT2D eigenvalue weighted by molar-refractivity contribution is -0.120. The summed E-state index contributed by atoms with van der Waals surface area (Å²) in [6.45, 7) is 0.0416. The highest BCUT2D eigenvalue weighted by Gasteiger charge is 2.32. The monoisotopic (exact) mass is 412 g/mol. The molecule has 1 atom stereocenters. The van der Waals surface area contributed by atoms with Gasteiger partial charge in [0.1, 0.15) is 18.4 Å². The Morgan fingerprint density at radius 3 is 2.61 bits per heavy atom. The Kier molecular flexibility index (Phi) is 4.63. The van der Waals surface area contributed by atoms with E-state index in [9.17, 15) is 9.59 Å². The van der Waals surface area contributed by atoms with E-state index in [2.05, 4.69) is 10.4 Å². The lowest BCUT2D eigenvalue weighted by Crippen LogP contribution is -2.49. The Morgan fingerprint density at radius 2 is 1.77 bits per heavy atom. The van der Waals surface area contributed by atoms with Crippen molar-refractivity contribution in [1.82, 2.24) is 14.9 Å². The molecule has 7 nitrogen and oxygen atoms in total. The zero-order chi connectivity index (χ0) is 21.4. The number of hydrogen-bond donors (Lipinski definition) is 1. The molecule has 0 saturated heterocycles. The topological polar surface area (TPSA) is 75.9 Å². The van der Waals surface area contributed by atoms with Gasteiger partial charge in [-0.25, -0.2) is 4.52 Å². The van der Waals surface area contributed by atoms with E-state index in [0.717, 1.165) is 16.6 Å². The number of nitrogens with one attached hydrogen (secondary N) is 1. The van der Waals surface area contributed by atoms with Gasteiger partial charge >= 0.3 is 0 Å². The van der Waals surface area contributed by atoms with Crippen molar-refractivity contribution in [1.29, 1.82) is 0 Å². The van der Waals surface area contributed by atoms with Crippen LogP contribution in [0.3, 0.4) is 0 Å². The first-order valence-electron chi connectivity index (χ1n) is 9.96. The molecule has 31 heavy (non-hydrogen) atoms. The molecule has 4 aromatic rings. The Labute approximate surface area is 178 Å². The smallest absolute Gasteiger partial charge is 0.273 e. The average molecular weight is 412 g/mol. The van der Waals surface area contributed by atoms with E-state index in [1.54, 1.807) is 23.8 Å². The molecule has 0 unspecified atom stereocenters. The predicted octanol–water partition coefficient (Wildman–Crippen LogP) is 3.16. The van der Waals surface area contributed by atoms with Crippen molar-refractivity contribution in [3.63, 3.8) is 0 Å². The molecule has 1 N–H and O–H groups in total. The molecule has 7 heteroatoms. The second-order valence-corrected chi connectivity index (χ2v) is 7.32. The van der Waals surface area contributed by atoms with Gasteiger partial charge in [-0.3, -0.25) is 9.59 Å². The first-order valence-corrected chi connectivity index (χ1v) is 9.96. The number of pyridine rings is 1. The second-order valence-electron chi connectivity index (χ2n) is 7.32. The molecule has 1 aliphatic heterocycles. The van der Waals surface area contributed by atoms with Crippen LogP contribution in [0, 0.1) is 0 Å². The molecule has 2 amide bonds. The Morgan fingerprint density at radius 1 is 1.03 bits per heavy atom. The Bertz CT molecular complexity index is 1280. The van der Waals surface area contributed by atoms with E-state index >= 15 is 0 Å². The zero-order valence-electron chi connectivity index (χ0n) is 16.9. The second kappa shape index (κ2) is 7.60. The quantitative estimate of drug-likeness (QED) is 0.561. The van der Waals surface area contributed by atoms with Crippen molar-refractivity contribution in [2.75, 3.05) is 18.6 Å². The third-order valence-corrected chi connectivity index (χ3v) is 5.38. The van der Waals surface area contributed by atoms with Crippen LogP contribution in [-0.4, -0.2) is 41.1 Å². The molecule has 3 heterocycles. The van der Waals surface area contributed by atoms with Gasteiger partial charge in [0.25, 0.3) is 11.8 Å². The number of aromatic nitrogens is 2. The molecule has 2 aromatic heterocycles. The Hall–Kier alpha value is -4.13. The van der Waals surface area contributed by atoms with Gasteiger partial charge in [0.15, 0.2) is 5.69 Å². The normalized spacial score (nSPS) is 15.8. The van der Waals surface area contributed by atoms with Crippen molar-refractivity contribution in [2.45, 2.75) is 6.04 Å². The maximum atomic E-state index is 13.3. The van der Waals surface area contributed by atoms with Crippen molar-refractivity contribution < 1.29 is 14.3 Å². The summed E-state index contributed by atoms with van der Waals surface area (Å²) in [7, 11) is 1.68. The summed E-state index contributed by atoms with van der Waals surface area (Å²) in [5.74, 6) is -0.0695. The fraction of sp³-hybridized carbons (Fsp3) is 0.125. The molecule has 0 fully saturated rings. The van der Waals surface area contributed by atoms with Crippen LogP contribution in [0.2, 0.25) is 0 Å². The number of fused-ring (bicyclic) bond motifs is 2. The van der Waals surface area contributed by atoms with E-state index in [4.69, 9.17) is 4.74 Å². The maximum Gasteiger partial charge on any atom is 0.273 e. The SMILES string of the molecule is CN1C(=O)[C@@H](NC(=O)c2nn3ccccc3c2-c2ccccc2)COc2ccccc21. The van der Waals surface area contributed by atoms with Crippen molar-refractivity contribution >= 4 is 23.0 Å². The predicted molar refractivity (Wildman–Crippen MR) is 117 cm³/mol. The molecule has 154 valence electrons. The molecule has 2 aromatic carbocycles. The summed E-state index contributed by atoms with van der Waals surface area (Å²) >= 11 is 0. The van der Waals surface area contributed by atoms with Gasteiger partial charge < -0.3 is 15.0 Å². The number of hydrogen-bond acceptors (Lipinski definition) is 4. The third kappa shape index (κ3) is 3.30. The number of rotatable bonds is 3. The van der Waals surface area contributed by atoms with Crippen LogP contribution in [0.15, 0.2) is 79.0 Å². The van der Waals surface area contributed by atoms with E-state index < -0.39 is 11.9 Å². The van der Waals surface area contributed by atoms with Gasteiger partial charge in [-0.2, -0.15) is 5.10 Å². The number of anilines is 1. The number of para-hydroxylation sites is 2. The number of benzene rings is 2. The molecule has 0 spiro atoms. The molecular weight excluding hydrogens is 392 g/mol. The minimum absolute atomic E-state index is 0.0416. The summed E-state index contributed by atoms with van der Waals surface area (Å²) in [6, 6.07) is 21.8. The molecule has 0 bridgehead atoms. The summed E-state index contributed by atoms with van der Waals surface area (Å²) in [5.41, 5.74) is 3.34. The molecule has 0 aliphatic carbocycles. The summed E-state index contributed by atoms with van der Waals surface area (Å²) in [4.78, 5) is 27.8. The molecular formula is C24H20N4O3. The van der Waals surface area contributed by atoms with Crippen LogP contribution in [0.1, 0.15) is 10.5 Å². The summed E-state index contributed by atoms with van der Waals surface area (Å²) in [5, 5.41) is 7.33. The Balaban J connectivity index is 1.50. The zero-order valence-corrected chi connectivity index (χ0v) is 16.9. The summed E-state index contributed by atoms with van der Waals surface area (Å²) in [6.07, 6.45) is 1.79. The van der Waals surface area contributed by atoms with Crippen LogP contribution in [0.4, 0.5) is 5.69 Å². The van der Waals surface area contributed by atoms with Crippen LogP contribution >= 0.6 is 0 Å². The lowest BCUT2D eigenvalue weighted by Gasteiger charge is -2.20. The lowest BCUT2D eigenvalue weighted by atomic mass is 10.0. The van der Waals surface area contributed by atoms with Crippen molar-refractivity contribution in [3.05, 3.63) is 84.7 Å². The molecule has 0 saturated carbocycles. The van der Waals surface area contributed by atoms with Crippen LogP contribution in [-0.2, 0) is 4.79 Å². The fourth-order valence-electron chi connectivity index (χ4n) is 3.83. The van der Waals surface area contributed by atoms with Crippen LogP contribution in [0.25, 0.3) is 16.6 Å². The van der Waals surface area contributed by atoms with Gasteiger partial charge in [-0.05, 0) is 29.8 Å². The van der Waals surface area contributed by atoms with E-state index in [-0.39, 0.29) is 18.2 Å². The fourth-order valence-corrected chi connectivity index (χ4v) is 3.83.